The van der Waals surface area contributed by atoms with Gasteiger partial charge in [0.25, 0.3) is 0 Å². The van der Waals surface area contributed by atoms with E-state index in [9.17, 15) is 0 Å². The van der Waals surface area contributed by atoms with Crippen LogP contribution >= 0.6 is 27.5 Å². The molecule has 18 heavy (non-hydrogen) atoms. The summed E-state index contributed by atoms with van der Waals surface area (Å²) in [5.41, 5.74) is 6.67. The van der Waals surface area contributed by atoms with E-state index in [0.717, 1.165) is 4.47 Å². The predicted molar refractivity (Wildman–Crippen MR) is 74.8 cm³/mol. The van der Waals surface area contributed by atoms with Gasteiger partial charge in [-0.05, 0) is 30.3 Å². The number of rotatable bonds is 2. The molecule has 0 bridgehead atoms. The van der Waals surface area contributed by atoms with E-state index in [1.807, 2.05) is 0 Å². The zero-order chi connectivity index (χ0) is 13.1. The SMILES string of the molecule is N#Cc1cc(Br)ccc1Oc1cc(Cl)ccc1N. The molecule has 90 valence electrons. The van der Waals surface area contributed by atoms with Gasteiger partial charge in [0.2, 0.25) is 0 Å². The number of nitriles is 1. The number of ether oxygens (including phenoxy) is 1. The van der Waals surface area contributed by atoms with E-state index in [1.54, 1.807) is 36.4 Å². The van der Waals surface area contributed by atoms with E-state index in [4.69, 9.17) is 27.3 Å². The smallest absolute Gasteiger partial charge is 0.151 e. The number of nitrogens with zero attached hydrogens (tertiary/aromatic N) is 1. The molecule has 5 heteroatoms. The minimum atomic E-state index is 0.420. The van der Waals surface area contributed by atoms with E-state index < -0.39 is 0 Å². The Labute approximate surface area is 118 Å². The Morgan fingerprint density at radius 2 is 1.94 bits per heavy atom. The largest absolute Gasteiger partial charge is 0.454 e. The van der Waals surface area contributed by atoms with Crippen LogP contribution in [0.3, 0.4) is 0 Å². The summed E-state index contributed by atoms with van der Waals surface area (Å²) in [7, 11) is 0. The molecule has 0 aliphatic rings. The molecule has 2 rings (SSSR count). The maximum Gasteiger partial charge on any atom is 0.151 e. The molecular weight excluding hydrogens is 316 g/mol. The molecule has 0 aromatic heterocycles. The molecule has 0 heterocycles. The third-order valence-electron chi connectivity index (χ3n) is 2.26. The van der Waals surface area contributed by atoms with Crippen LogP contribution in [0.2, 0.25) is 5.02 Å². The van der Waals surface area contributed by atoms with Gasteiger partial charge in [-0.3, -0.25) is 0 Å². The molecule has 0 saturated heterocycles. The van der Waals surface area contributed by atoms with E-state index in [-0.39, 0.29) is 0 Å². The topological polar surface area (TPSA) is 59.0 Å². The van der Waals surface area contributed by atoms with E-state index >= 15 is 0 Å². The van der Waals surface area contributed by atoms with Gasteiger partial charge >= 0.3 is 0 Å². The molecule has 0 spiro atoms. The van der Waals surface area contributed by atoms with Crippen molar-refractivity contribution < 1.29 is 4.74 Å². The minimum Gasteiger partial charge on any atom is -0.454 e. The Balaban J connectivity index is 2.40. The summed E-state index contributed by atoms with van der Waals surface area (Å²) >= 11 is 9.17. The van der Waals surface area contributed by atoms with Crippen molar-refractivity contribution in [3.63, 3.8) is 0 Å². The molecule has 0 unspecified atom stereocenters. The van der Waals surface area contributed by atoms with Gasteiger partial charge in [-0.15, -0.1) is 0 Å². The second-order valence-electron chi connectivity index (χ2n) is 3.54. The van der Waals surface area contributed by atoms with Crippen molar-refractivity contribution in [2.45, 2.75) is 0 Å². The fraction of sp³-hybridized carbons (Fsp3) is 0. The maximum absolute atomic E-state index is 9.04. The highest BCUT2D eigenvalue weighted by Crippen LogP contribution is 2.32. The lowest BCUT2D eigenvalue weighted by atomic mass is 10.2. The maximum atomic E-state index is 9.04. The van der Waals surface area contributed by atoms with Crippen LogP contribution in [0.1, 0.15) is 5.56 Å². The molecule has 0 atom stereocenters. The van der Waals surface area contributed by atoms with Crippen molar-refractivity contribution in [1.82, 2.24) is 0 Å². The van der Waals surface area contributed by atoms with Gasteiger partial charge in [-0.1, -0.05) is 27.5 Å². The molecule has 0 aliphatic carbocycles. The van der Waals surface area contributed by atoms with Crippen LogP contribution in [0, 0.1) is 11.3 Å². The molecule has 0 fully saturated rings. The molecule has 2 aromatic rings. The first-order valence-corrected chi connectivity index (χ1v) is 6.20. The van der Waals surface area contributed by atoms with Crippen LogP contribution in [0.5, 0.6) is 11.5 Å². The normalized spacial score (nSPS) is 9.83. The van der Waals surface area contributed by atoms with Gasteiger partial charge in [0.15, 0.2) is 5.75 Å². The minimum absolute atomic E-state index is 0.420. The van der Waals surface area contributed by atoms with Crippen LogP contribution in [-0.2, 0) is 0 Å². The Morgan fingerprint density at radius 1 is 1.17 bits per heavy atom. The van der Waals surface area contributed by atoms with Crippen LogP contribution in [0.25, 0.3) is 0 Å². The highest BCUT2D eigenvalue weighted by molar-refractivity contribution is 9.10. The average molecular weight is 324 g/mol. The standard InChI is InChI=1S/C13H8BrClN2O/c14-9-1-4-12(8(5-9)7-16)18-13-6-10(15)2-3-11(13)17/h1-6H,17H2. The van der Waals surface area contributed by atoms with Crippen molar-refractivity contribution in [3.8, 4) is 17.6 Å². The first kappa shape index (κ1) is 12.7. The molecule has 0 radical (unpaired) electrons. The summed E-state index contributed by atoms with van der Waals surface area (Å²) in [6, 6.07) is 12.2. The zero-order valence-electron chi connectivity index (χ0n) is 9.15. The predicted octanol–water partition coefficient (Wildman–Crippen LogP) is 4.35. The quantitative estimate of drug-likeness (QED) is 0.836. The molecule has 0 aliphatic heterocycles. The Bertz CT molecular complexity index is 637. The van der Waals surface area contributed by atoms with Crippen LogP contribution in [0.4, 0.5) is 5.69 Å². The average Bonchev–Trinajstić information content (AvgIpc) is 2.36. The first-order chi connectivity index (χ1) is 8.60. The fourth-order valence-corrected chi connectivity index (χ4v) is 1.92. The summed E-state index contributed by atoms with van der Waals surface area (Å²) in [6.45, 7) is 0. The Kier molecular flexibility index (Phi) is 3.75. The molecular formula is C13H8BrClN2O. The van der Waals surface area contributed by atoms with E-state index in [2.05, 4.69) is 22.0 Å². The summed E-state index contributed by atoms with van der Waals surface area (Å²) in [6.07, 6.45) is 0. The fourth-order valence-electron chi connectivity index (χ4n) is 1.39. The van der Waals surface area contributed by atoms with Crippen molar-refractivity contribution in [2.24, 2.45) is 0 Å². The van der Waals surface area contributed by atoms with Gasteiger partial charge in [-0.25, -0.2) is 0 Å². The number of benzene rings is 2. The van der Waals surface area contributed by atoms with E-state index in [1.165, 1.54) is 0 Å². The second kappa shape index (κ2) is 5.30. The lowest BCUT2D eigenvalue weighted by Gasteiger charge is -2.10. The number of nitrogen functional groups attached to an aromatic ring is 1. The number of hydrogen-bond acceptors (Lipinski definition) is 3. The van der Waals surface area contributed by atoms with Gasteiger partial charge in [0.05, 0.1) is 11.3 Å². The molecule has 0 saturated carbocycles. The van der Waals surface area contributed by atoms with Crippen molar-refractivity contribution in [2.75, 3.05) is 5.73 Å². The van der Waals surface area contributed by atoms with Crippen LogP contribution in [0.15, 0.2) is 40.9 Å². The van der Waals surface area contributed by atoms with Crippen LogP contribution < -0.4 is 10.5 Å². The summed E-state index contributed by atoms with van der Waals surface area (Å²) in [4.78, 5) is 0. The van der Waals surface area contributed by atoms with Crippen LogP contribution in [-0.4, -0.2) is 0 Å². The van der Waals surface area contributed by atoms with Gasteiger partial charge in [0.1, 0.15) is 11.8 Å². The first-order valence-electron chi connectivity index (χ1n) is 5.02. The van der Waals surface area contributed by atoms with Crippen molar-refractivity contribution in [1.29, 1.82) is 5.26 Å². The Morgan fingerprint density at radius 3 is 2.67 bits per heavy atom. The number of nitrogens with two attached hydrogens (primary N) is 1. The van der Waals surface area contributed by atoms with Crippen molar-refractivity contribution in [3.05, 3.63) is 51.5 Å². The summed E-state index contributed by atoms with van der Waals surface area (Å²) < 4.78 is 6.42. The molecule has 0 amide bonds. The molecule has 2 aromatic carbocycles. The monoisotopic (exact) mass is 322 g/mol. The Hall–Kier alpha value is -1.70. The highest BCUT2D eigenvalue weighted by atomic mass is 79.9. The van der Waals surface area contributed by atoms with E-state index in [0.29, 0.717) is 27.8 Å². The number of anilines is 1. The third-order valence-corrected chi connectivity index (χ3v) is 2.99. The third kappa shape index (κ3) is 2.76. The highest BCUT2D eigenvalue weighted by Gasteiger charge is 2.08. The summed E-state index contributed by atoms with van der Waals surface area (Å²) in [5.74, 6) is 0.871. The van der Waals surface area contributed by atoms with Gasteiger partial charge in [-0.2, -0.15) is 5.26 Å². The number of hydrogen-bond donors (Lipinski definition) is 1. The zero-order valence-corrected chi connectivity index (χ0v) is 11.5. The second-order valence-corrected chi connectivity index (χ2v) is 4.89. The summed E-state index contributed by atoms with van der Waals surface area (Å²) in [5, 5.41) is 9.56. The number of halogens is 2. The molecule has 2 N–H and O–H groups in total. The lowest BCUT2D eigenvalue weighted by Crippen LogP contribution is -1.93. The van der Waals surface area contributed by atoms with Gasteiger partial charge < -0.3 is 10.5 Å². The van der Waals surface area contributed by atoms with Gasteiger partial charge in [0, 0.05) is 15.6 Å². The molecule has 3 nitrogen and oxygen atoms in total. The lowest BCUT2D eigenvalue weighted by molar-refractivity contribution is 0.483. The van der Waals surface area contributed by atoms with Crippen molar-refractivity contribution >= 4 is 33.2 Å².